The van der Waals surface area contributed by atoms with E-state index in [1.165, 1.54) is 30.3 Å². The number of aromatic nitrogens is 3. The van der Waals surface area contributed by atoms with E-state index in [1.54, 1.807) is 38.1 Å². The lowest BCUT2D eigenvalue weighted by Gasteiger charge is -2.25. The van der Waals surface area contributed by atoms with Gasteiger partial charge in [0.25, 0.3) is 5.91 Å². The molecule has 0 unspecified atom stereocenters. The van der Waals surface area contributed by atoms with Crippen LogP contribution in [0.15, 0.2) is 66.7 Å². The molecule has 0 saturated heterocycles. The van der Waals surface area contributed by atoms with Crippen LogP contribution in [0, 0.1) is 5.41 Å². The molecular formula is C34H32Cl3F3N8O4. The van der Waals surface area contributed by atoms with Crippen molar-refractivity contribution in [1.29, 1.82) is 0 Å². The standard InChI is InChI=1S/C34H32Cl3F3N8O4/c1-32(2,17-42-27(50)28(51)44-25-12-9-22(36)15-24(25)37)16-41-26(49)19-3-10-23(11-4-19)43-29-45-30(47-31(46-29)52-18-34(38,39)40)48-33(13-14-33)20-5-7-21(35)8-6-20/h3-12,15H,13-14,16-18H2,1-2H3,(H,41,49)(H,42,50)(H,44,51)(H2,43,45,46,47,48). The second-order valence-corrected chi connectivity index (χ2v) is 14.0. The summed E-state index contributed by atoms with van der Waals surface area (Å²) in [5.41, 5.74) is 0.695. The Morgan fingerprint density at radius 1 is 0.808 bits per heavy atom. The van der Waals surface area contributed by atoms with Gasteiger partial charge in [-0.25, -0.2) is 0 Å². The summed E-state index contributed by atoms with van der Waals surface area (Å²) in [5, 5.41) is 15.0. The summed E-state index contributed by atoms with van der Waals surface area (Å²) in [5.74, 6) is -2.30. The lowest BCUT2D eigenvalue weighted by molar-refractivity contribution is -0.154. The van der Waals surface area contributed by atoms with Crippen LogP contribution in [0.1, 0.15) is 42.6 Å². The summed E-state index contributed by atoms with van der Waals surface area (Å²) < 4.78 is 43.6. The minimum atomic E-state index is -4.61. The maximum Gasteiger partial charge on any atom is 0.422 e. The molecule has 1 aliphatic rings. The van der Waals surface area contributed by atoms with Gasteiger partial charge in [-0.05, 0) is 78.4 Å². The van der Waals surface area contributed by atoms with E-state index in [0.29, 0.717) is 21.3 Å². The molecule has 0 spiro atoms. The number of nitrogens with zero attached hydrogens (tertiary/aromatic N) is 3. The van der Waals surface area contributed by atoms with Crippen LogP contribution >= 0.6 is 34.8 Å². The van der Waals surface area contributed by atoms with Gasteiger partial charge in [0.2, 0.25) is 11.9 Å². The van der Waals surface area contributed by atoms with Gasteiger partial charge in [0.15, 0.2) is 6.61 Å². The summed E-state index contributed by atoms with van der Waals surface area (Å²) in [6.07, 6.45) is -3.15. The molecule has 0 atom stereocenters. The van der Waals surface area contributed by atoms with E-state index in [2.05, 4.69) is 41.5 Å². The van der Waals surface area contributed by atoms with Crippen molar-refractivity contribution in [2.45, 2.75) is 38.4 Å². The molecule has 1 heterocycles. The number of nitrogens with one attached hydrogen (secondary N) is 5. The Balaban J connectivity index is 1.17. The first kappa shape index (κ1) is 38.4. The highest BCUT2D eigenvalue weighted by atomic mass is 35.5. The fourth-order valence-electron chi connectivity index (χ4n) is 4.76. The highest BCUT2D eigenvalue weighted by Gasteiger charge is 2.45. The van der Waals surface area contributed by atoms with Crippen LogP contribution in [0.4, 0.5) is 36.4 Å². The summed E-state index contributed by atoms with van der Waals surface area (Å²) in [6, 6.07) is 17.3. The van der Waals surface area contributed by atoms with E-state index < -0.39 is 47.5 Å². The quantitative estimate of drug-likeness (QED) is 0.0891. The zero-order valence-corrected chi connectivity index (χ0v) is 29.9. The van der Waals surface area contributed by atoms with Gasteiger partial charge in [-0.1, -0.05) is 60.8 Å². The molecule has 5 N–H and O–H groups in total. The van der Waals surface area contributed by atoms with Gasteiger partial charge < -0.3 is 31.3 Å². The Bertz CT molecular complexity index is 1940. The second-order valence-electron chi connectivity index (χ2n) is 12.7. The minimum absolute atomic E-state index is 0.00325. The number of anilines is 4. The van der Waals surface area contributed by atoms with Crippen molar-refractivity contribution in [3.05, 3.63) is 92.9 Å². The Morgan fingerprint density at radius 2 is 1.44 bits per heavy atom. The molecule has 274 valence electrons. The molecular weight excluding hydrogens is 748 g/mol. The molecule has 18 heteroatoms. The van der Waals surface area contributed by atoms with Crippen LogP contribution in [0.5, 0.6) is 6.01 Å². The molecule has 3 aromatic carbocycles. The first-order chi connectivity index (χ1) is 24.5. The molecule has 1 aliphatic carbocycles. The maximum atomic E-state index is 12.9. The number of hydrogen-bond donors (Lipinski definition) is 5. The van der Waals surface area contributed by atoms with Gasteiger partial charge in [0.05, 0.1) is 16.2 Å². The van der Waals surface area contributed by atoms with Crippen molar-refractivity contribution in [3.63, 3.8) is 0 Å². The van der Waals surface area contributed by atoms with Crippen molar-refractivity contribution in [1.82, 2.24) is 25.6 Å². The fraction of sp³-hybridized carbons (Fsp3) is 0.294. The third-order valence-corrected chi connectivity index (χ3v) is 8.52. The molecule has 52 heavy (non-hydrogen) atoms. The van der Waals surface area contributed by atoms with Crippen LogP contribution < -0.4 is 31.3 Å². The van der Waals surface area contributed by atoms with Crippen molar-refractivity contribution in [2.24, 2.45) is 5.41 Å². The lowest BCUT2D eigenvalue weighted by atomic mass is 9.93. The molecule has 1 fully saturated rings. The molecule has 0 radical (unpaired) electrons. The zero-order valence-electron chi connectivity index (χ0n) is 27.6. The Morgan fingerprint density at radius 3 is 2.08 bits per heavy atom. The van der Waals surface area contributed by atoms with Gasteiger partial charge >= 0.3 is 24.0 Å². The topological polar surface area (TPSA) is 159 Å². The van der Waals surface area contributed by atoms with Crippen LogP contribution in [-0.2, 0) is 15.1 Å². The highest BCUT2D eigenvalue weighted by Crippen LogP contribution is 2.48. The molecule has 5 rings (SSSR count). The number of rotatable bonds is 13. The maximum absolute atomic E-state index is 12.9. The normalized spacial score (nSPS) is 13.5. The molecule has 1 aromatic heterocycles. The number of amides is 3. The van der Waals surface area contributed by atoms with Gasteiger partial charge in [-0.2, -0.15) is 28.1 Å². The average Bonchev–Trinajstić information content (AvgIpc) is 3.87. The average molecular weight is 780 g/mol. The number of ether oxygens (including phenoxy) is 1. The summed E-state index contributed by atoms with van der Waals surface area (Å²) in [4.78, 5) is 50.0. The summed E-state index contributed by atoms with van der Waals surface area (Å²) in [6.45, 7) is 2.20. The number of hydrogen-bond acceptors (Lipinski definition) is 9. The van der Waals surface area contributed by atoms with Gasteiger partial charge in [-0.3, -0.25) is 14.4 Å². The largest absolute Gasteiger partial charge is 0.454 e. The van der Waals surface area contributed by atoms with Crippen molar-refractivity contribution in [3.8, 4) is 6.01 Å². The van der Waals surface area contributed by atoms with Crippen LogP contribution in [0.25, 0.3) is 0 Å². The molecule has 4 aromatic rings. The predicted molar refractivity (Wildman–Crippen MR) is 191 cm³/mol. The number of alkyl halides is 3. The van der Waals surface area contributed by atoms with Crippen LogP contribution in [-0.4, -0.2) is 58.5 Å². The van der Waals surface area contributed by atoms with E-state index in [1.807, 2.05) is 12.1 Å². The SMILES string of the molecule is CC(C)(CNC(=O)C(=O)Nc1ccc(Cl)cc1Cl)CNC(=O)c1ccc(Nc2nc(NC3(c4ccc(Cl)cc4)CC3)nc(OCC(F)(F)F)n2)cc1. The van der Waals surface area contributed by atoms with E-state index in [0.717, 1.165) is 18.4 Å². The van der Waals surface area contributed by atoms with Crippen LogP contribution in [0.3, 0.4) is 0 Å². The molecule has 3 amide bonds. The lowest BCUT2D eigenvalue weighted by Crippen LogP contribution is -2.45. The van der Waals surface area contributed by atoms with E-state index in [9.17, 15) is 27.6 Å². The van der Waals surface area contributed by atoms with Crippen molar-refractivity contribution in [2.75, 3.05) is 35.6 Å². The number of carbonyl (C=O) groups excluding carboxylic acids is 3. The van der Waals surface area contributed by atoms with E-state index in [4.69, 9.17) is 39.5 Å². The van der Waals surface area contributed by atoms with Crippen molar-refractivity contribution >= 4 is 75.8 Å². The predicted octanol–water partition coefficient (Wildman–Crippen LogP) is 7.13. The number of halogens is 6. The zero-order chi connectivity index (χ0) is 37.7. The monoisotopic (exact) mass is 778 g/mol. The third kappa shape index (κ3) is 10.8. The van der Waals surface area contributed by atoms with Gasteiger partial charge in [-0.15, -0.1) is 0 Å². The first-order valence-corrected chi connectivity index (χ1v) is 16.8. The van der Waals surface area contributed by atoms with Crippen molar-refractivity contribution < 1.29 is 32.3 Å². The Labute approximate surface area is 311 Å². The molecule has 12 nitrogen and oxygen atoms in total. The highest BCUT2D eigenvalue weighted by molar-refractivity contribution is 6.42. The smallest absolute Gasteiger partial charge is 0.422 e. The molecule has 0 bridgehead atoms. The van der Waals surface area contributed by atoms with Gasteiger partial charge in [0, 0.05) is 34.4 Å². The van der Waals surface area contributed by atoms with E-state index in [-0.39, 0.29) is 35.7 Å². The molecule has 1 saturated carbocycles. The first-order valence-electron chi connectivity index (χ1n) is 15.7. The third-order valence-electron chi connectivity index (χ3n) is 7.72. The number of benzene rings is 3. The number of carbonyl (C=O) groups is 3. The fourth-order valence-corrected chi connectivity index (χ4v) is 5.34. The Kier molecular flexibility index (Phi) is 11.7. The minimum Gasteiger partial charge on any atom is -0.454 e. The van der Waals surface area contributed by atoms with Gasteiger partial charge in [0.1, 0.15) is 0 Å². The second kappa shape index (κ2) is 15.8. The van der Waals surface area contributed by atoms with Crippen LogP contribution in [0.2, 0.25) is 15.1 Å². The summed E-state index contributed by atoms with van der Waals surface area (Å²) >= 11 is 17.9. The van der Waals surface area contributed by atoms with E-state index >= 15 is 0 Å². The Hall–Kier alpha value is -4.86. The summed E-state index contributed by atoms with van der Waals surface area (Å²) in [7, 11) is 0. The molecule has 0 aliphatic heterocycles.